The zero-order valence-corrected chi connectivity index (χ0v) is 20.1. The van der Waals surface area contributed by atoms with Crippen molar-refractivity contribution in [3.05, 3.63) is 53.9 Å². The highest BCUT2D eigenvalue weighted by atomic mass is 127. The van der Waals surface area contributed by atoms with Crippen LogP contribution in [0.4, 0.5) is 0 Å². The van der Waals surface area contributed by atoms with Gasteiger partial charge in [-0.1, -0.05) is 24.3 Å². The number of halogens is 1. The summed E-state index contributed by atoms with van der Waals surface area (Å²) in [5, 5.41) is 11.0. The van der Waals surface area contributed by atoms with E-state index in [1.54, 1.807) is 6.20 Å². The number of hydrogen-bond donors (Lipinski definition) is 2. The van der Waals surface area contributed by atoms with Gasteiger partial charge in [0.05, 0.1) is 26.3 Å². The van der Waals surface area contributed by atoms with Gasteiger partial charge in [0, 0.05) is 44.6 Å². The fraction of sp³-hybridized carbons (Fsp3) is 0.545. The number of rotatable bonds is 11. The fourth-order valence-electron chi connectivity index (χ4n) is 3.29. The molecule has 1 aromatic carbocycles. The van der Waals surface area contributed by atoms with Crippen LogP contribution >= 0.6 is 24.0 Å². The average Bonchev–Trinajstić information content (AvgIpc) is 3.44. The van der Waals surface area contributed by atoms with Crippen LogP contribution in [0.15, 0.2) is 47.7 Å². The summed E-state index contributed by atoms with van der Waals surface area (Å²) in [5.74, 6) is 1.41. The number of nitrogens with one attached hydrogen (secondary N) is 2. The second-order valence-electron chi connectivity index (χ2n) is 7.25. The van der Waals surface area contributed by atoms with Gasteiger partial charge in [0.15, 0.2) is 5.96 Å². The van der Waals surface area contributed by atoms with Crippen LogP contribution < -0.4 is 10.6 Å². The van der Waals surface area contributed by atoms with Crippen LogP contribution in [0.2, 0.25) is 0 Å². The maximum atomic E-state index is 5.77. The lowest BCUT2D eigenvalue weighted by molar-refractivity contribution is 0.0888. The molecule has 0 radical (unpaired) electrons. The van der Waals surface area contributed by atoms with Crippen molar-refractivity contribution in [1.29, 1.82) is 0 Å². The second kappa shape index (κ2) is 14.4. The molecule has 0 amide bonds. The molecule has 30 heavy (non-hydrogen) atoms. The molecule has 0 saturated carbocycles. The highest BCUT2D eigenvalue weighted by molar-refractivity contribution is 14.0. The van der Waals surface area contributed by atoms with Crippen molar-refractivity contribution in [2.75, 3.05) is 39.5 Å². The third-order valence-electron chi connectivity index (χ3n) is 4.90. The zero-order valence-electron chi connectivity index (χ0n) is 17.8. The summed E-state index contributed by atoms with van der Waals surface area (Å²) in [6.45, 7) is 8.42. The Morgan fingerprint density at radius 1 is 1.27 bits per heavy atom. The molecule has 7 nitrogen and oxygen atoms in total. The molecule has 3 rings (SSSR count). The Labute approximate surface area is 196 Å². The van der Waals surface area contributed by atoms with Gasteiger partial charge in [-0.05, 0) is 37.0 Å². The molecule has 1 aliphatic heterocycles. The molecule has 1 saturated heterocycles. The van der Waals surface area contributed by atoms with Crippen LogP contribution in [-0.4, -0.2) is 55.3 Å². The molecule has 2 aromatic rings. The highest BCUT2D eigenvalue weighted by Gasteiger charge is 2.15. The number of hydrogen-bond acceptors (Lipinski definition) is 4. The van der Waals surface area contributed by atoms with Crippen LogP contribution in [0, 0.1) is 5.92 Å². The van der Waals surface area contributed by atoms with Crippen LogP contribution in [0.3, 0.4) is 0 Å². The van der Waals surface area contributed by atoms with Gasteiger partial charge in [0.1, 0.15) is 0 Å². The van der Waals surface area contributed by atoms with Gasteiger partial charge < -0.3 is 20.1 Å². The third-order valence-corrected chi connectivity index (χ3v) is 4.90. The van der Waals surface area contributed by atoms with E-state index in [0.29, 0.717) is 12.5 Å². The minimum atomic E-state index is 0. The predicted octanol–water partition coefficient (Wildman–Crippen LogP) is 3.05. The Morgan fingerprint density at radius 3 is 2.87 bits per heavy atom. The molecule has 2 N–H and O–H groups in total. The van der Waals surface area contributed by atoms with Crippen LogP contribution in [0.25, 0.3) is 0 Å². The van der Waals surface area contributed by atoms with Crippen molar-refractivity contribution in [3.63, 3.8) is 0 Å². The minimum absolute atomic E-state index is 0. The van der Waals surface area contributed by atoms with Crippen LogP contribution in [0.1, 0.15) is 30.9 Å². The molecule has 1 aliphatic rings. The lowest BCUT2D eigenvalue weighted by atomic mass is 10.1. The number of nitrogens with zero attached hydrogens (tertiary/aromatic N) is 3. The first kappa shape index (κ1) is 24.6. The molecule has 166 valence electrons. The van der Waals surface area contributed by atoms with E-state index in [1.165, 1.54) is 11.1 Å². The normalized spacial score (nSPS) is 16.3. The zero-order chi connectivity index (χ0) is 20.2. The monoisotopic (exact) mass is 527 g/mol. The standard InChI is InChI=1S/C22H33N5O2.HI/c1-2-23-22(24-10-6-13-28-17-19-9-14-29-18-19)25-15-20-7-3-4-8-21(20)16-27-12-5-11-26-27;/h3-5,7-8,11-12,19H,2,6,9-10,13-18H2,1H3,(H2,23,24,25);1H. The molecule has 1 fully saturated rings. The Kier molecular flexibility index (Phi) is 11.8. The maximum Gasteiger partial charge on any atom is 0.191 e. The van der Waals surface area contributed by atoms with Crippen molar-refractivity contribution in [2.24, 2.45) is 10.9 Å². The Bertz CT molecular complexity index is 733. The maximum absolute atomic E-state index is 5.77. The molecule has 2 heterocycles. The first-order valence-electron chi connectivity index (χ1n) is 10.6. The molecular weight excluding hydrogens is 493 g/mol. The molecular formula is C22H34IN5O2. The van der Waals surface area contributed by atoms with Crippen molar-refractivity contribution in [1.82, 2.24) is 20.4 Å². The van der Waals surface area contributed by atoms with E-state index in [2.05, 4.69) is 46.9 Å². The summed E-state index contributed by atoms with van der Waals surface area (Å²) in [6, 6.07) is 10.3. The SMILES string of the molecule is CCNC(=NCc1ccccc1Cn1cccn1)NCCCOCC1CCOC1.I. The summed E-state index contributed by atoms with van der Waals surface area (Å²) in [5.41, 5.74) is 2.45. The fourth-order valence-corrected chi connectivity index (χ4v) is 3.29. The van der Waals surface area contributed by atoms with Crippen molar-refractivity contribution < 1.29 is 9.47 Å². The van der Waals surface area contributed by atoms with E-state index in [1.807, 2.05) is 16.9 Å². The predicted molar refractivity (Wildman–Crippen MR) is 130 cm³/mol. The van der Waals surface area contributed by atoms with Crippen LogP contribution in [-0.2, 0) is 22.6 Å². The number of guanidine groups is 1. The molecule has 1 aromatic heterocycles. The number of aromatic nitrogens is 2. The van der Waals surface area contributed by atoms with E-state index in [9.17, 15) is 0 Å². The topological polar surface area (TPSA) is 72.7 Å². The highest BCUT2D eigenvalue weighted by Crippen LogP contribution is 2.13. The molecule has 0 spiro atoms. The third kappa shape index (κ3) is 8.61. The lowest BCUT2D eigenvalue weighted by Gasteiger charge is -2.13. The number of aliphatic imine (C=N–C) groups is 1. The molecule has 1 unspecified atom stereocenters. The number of benzene rings is 1. The molecule has 0 bridgehead atoms. The summed E-state index contributed by atoms with van der Waals surface area (Å²) >= 11 is 0. The van der Waals surface area contributed by atoms with Gasteiger partial charge in [-0.15, -0.1) is 24.0 Å². The quantitative estimate of drug-likeness (QED) is 0.204. The van der Waals surface area contributed by atoms with Crippen molar-refractivity contribution >= 4 is 29.9 Å². The van der Waals surface area contributed by atoms with Gasteiger partial charge in [0.2, 0.25) is 0 Å². The van der Waals surface area contributed by atoms with Crippen molar-refractivity contribution in [3.8, 4) is 0 Å². The minimum Gasteiger partial charge on any atom is -0.381 e. The smallest absolute Gasteiger partial charge is 0.191 e. The summed E-state index contributed by atoms with van der Waals surface area (Å²) < 4.78 is 13.1. The largest absolute Gasteiger partial charge is 0.381 e. The number of ether oxygens (including phenoxy) is 2. The van der Waals surface area contributed by atoms with E-state index in [4.69, 9.17) is 14.5 Å². The summed E-state index contributed by atoms with van der Waals surface area (Å²) in [7, 11) is 0. The first-order valence-corrected chi connectivity index (χ1v) is 10.6. The van der Waals surface area contributed by atoms with Gasteiger partial charge >= 0.3 is 0 Å². The summed E-state index contributed by atoms with van der Waals surface area (Å²) in [4.78, 5) is 4.76. The molecule has 8 heteroatoms. The second-order valence-corrected chi connectivity index (χ2v) is 7.25. The Morgan fingerprint density at radius 2 is 2.13 bits per heavy atom. The van der Waals surface area contributed by atoms with Gasteiger partial charge in [-0.2, -0.15) is 5.10 Å². The first-order chi connectivity index (χ1) is 14.3. The van der Waals surface area contributed by atoms with Crippen LogP contribution in [0.5, 0.6) is 0 Å². The average molecular weight is 527 g/mol. The van der Waals surface area contributed by atoms with Crippen molar-refractivity contribution in [2.45, 2.75) is 32.9 Å². The lowest BCUT2D eigenvalue weighted by Crippen LogP contribution is -2.38. The van der Waals surface area contributed by atoms with E-state index in [-0.39, 0.29) is 24.0 Å². The van der Waals surface area contributed by atoms with Gasteiger partial charge in [-0.25, -0.2) is 4.99 Å². The van der Waals surface area contributed by atoms with E-state index < -0.39 is 0 Å². The van der Waals surface area contributed by atoms with E-state index in [0.717, 1.165) is 64.9 Å². The van der Waals surface area contributed by atoms with Gasteiger partial charge in [-0.3, -0.25) is 4.68 Å². The molecule has 1 atom stereocenters. The Balaban J connectivity index is 0.00000320. The molecule has 0 aliphatic carbocycles. The Hall–Kier alpha value is -1.65. The summed E-state index contributed by atoms with van der Waals surface area (Å²) in [6.07, 6.45) is 5.86. The van der Waals surface area contributed by atoms with Gasteiger partial charge in [0.25, 0.3) is 0 Å². The van der Waals surface area contributed by atoms with E-state index >= 15 is 0 Å².